The highest BCUT2D eigenvalue weighted by Crippen LogP contribution is 2.23. The van der Waals surface area contributed by atoms with Crippen LogP contribution in [0.3, 0.4) is 0 Å². The van der Waals surface area contributed by atoms with E-state index in [-0.39, 0.29) is 10.8 Å². The molecule has 2 N–H and O–H groups in total. The molecule has 0 aliphatic carbocycles. The number of carboxylic acids is 1. The maximum absolute atomic E-state index is 12.1. The predicted molar refractivity (Wildman–Crippen MR) is 80.0 cm³/mol. The van der Waals surface area contributed by atoms with Gasteiger partial charge in [0, 0.05) is 25.3 Å². The van der Waals surface area contributed by atoms with E-state index in [1.54, 1.807) is 29.6 Å². The fraction of sp³-hybridized carbons (Fsp3) is 0.143. The number of hydrogen-bond acceptors (Lipinski definition) is 4. The Bertz CT molecular complexity index is 649. The van der Waals surface area contributed by atoms with Crippen molar-refractivity contribution in [3.63, 3.8) is 0 Å². The van der Waals surface area contributed by atoms with Gasteiger partial charge in [0.1, 0.15) is 4.88 Å². The van der Waals surface area contributed by atoms with Gasteiger partial charge in [-0.15, -0.1) is 11.3 Å². The summed E-state index contributed by atoms with van der Waals surface area (Å²) < 4.78 is 0. The van der Waals surface area contributed by atoms with Gasteiger partial charge in [-0.05, 0) is 29.6 Å². The van der Waals surface area contributed by atoms with E-state index in [0.29, 0.717) is 11.3 Å². The summed E-state index contributed by atoms with van der Waals surface area (Å²) in [4.78, 5) is 25.2. The summed E-state index contributed by atoms with van der Waals surface area (Å²) in [7, 11) is 3.77. The monoisotopic (exact) mass is 290 g/mol. The lowest BCUT2D eigenvalue weighted by Gasteiger charge is -2.13. The molecule has 0 unspecified atom stereocenters. The van der Waals surface area contributed by atoms with Gasteiger partial charge in [0.05, 0.1) is 5.69 Å². The molecule has 0 aliphatic rings. The van der Waals surface area contributed by atoms with Crippen LogP contribution in [-0.4, -0.2) is 31.1 Å². The van der Waals surface area contributed by atoms with Gasteiger partial charge in [-0.1, -0.05) is 6.07 Å². The van der Waals surface area contributed by atoms with Crippen molar-refractivity contribution in [3.05, 3.63) is 46.2 Å². The number of thiophene rings is 1. The van der Waals surface area contributed by atoms with Gasteiger partial charge in [-0.3, -0.25) is 4.79 Å². The number of carbonyl (C=O) groups excluding carboxylic acids is 1. The normalized spacial score (nSPS) is 10.1. The van der Waals surface area contributed by atoms with Gasteiger partial charge in [0.15, 0.2) is 0 Å². The lowest BCUT2D eigenvalue weighted by molar-refractivity contribution is 0.0703. The van der Waals surface area contributed by atoms with Crippen LogP contribution in [-0.2, 0) is 0 Å². The number of benzene rings is 1. The fourth-order valence-corrected chi connectivity index (χ4v) is 2.38. The van der Waals surface area contributed by atoms with E-state index in [2.05, 4.69) is 5.32 Å². The molecule has 20 heavy (non-hydrogen) atoms. The van der Waals surface area contributed by atoms with Crippen LogP contribution in [0.1, 0.15) is 20.0 Å². The third-order valence-electron chi connectivity index (χ3n) is 2.73. The number of anilines is 2. The molecule has 5 nitrogen and oxygen atoms in total. The first-order chi connectivity index (χ1) is 9.49. The topological polar surface area (TPSA) is 69.6 Å². The minimum atomic E-state index is -1.04. The van der Waals surface area contributed by atoms with Crippen molar-refractivity contribution in [3.8, 4) is 0 Å². The molecule has 2 rings (SSSR count). The van der Waals surface area contributed by atoms with Crippen LogP contribution in [0.4, 0.5) is 11.4 Å². The zero-order valence-electron chi connectivity index (χ0n) is 11.1. The second-order valence-electron chi connectivity index (χ2n) is 4.37. The number of carboxylic acid groups (broad SMARTS) is 1. The van der Waals surface area contributed by atoms with Crippen molar-refractivity contribution in [2.75, 3.05) is 24.3 Å². The highest BCUT2D eigenvalue weighted by atomic mass is 32.1. The summed E-state index contributed by atoms with van der Waals surface area (Å²) in [5.41, 5.74) is 1.71. The van der Waals surface area contributed by atoms with Crippen LogP contribution >= 0.6 is 11.3 Å². The molecule has 1 heterocycles. The maximum Gasteiger partial charge on any atom is 0.348 e. The molecule has 0 saturated heterocycles. The quantitative estimate of drug-likeness (QED) is 0.908. The van der Waals surface area contributed by atoms with Gasteiger partial charge in [-0.25, -0.2) is 4.79 Å². The lowest BCUT2D eigenvalue weighted by Crippen LogP contribution is -2.15. The minimum absolute atomic E-state index is 0.127. The van der Waals surface area contributed by atoms with E-state index in [0.717, 1.165) is 17.0 Å². The van der Waals surface area contributed by atoms with Crippen LogP contribution in [0, 0.1) is 0 Å². The van der Waals surface area contributed by atoms with Crippen molar-refractivity contribution in [2.24, 2.45) is 0 Å². The molecule has 2 aromatic rings. The molecule has 0 aliphatic heterocycles. The van der Waals surface area contributed by atoms with E-state index in [1.807, 2.05) is 25.1 Å². The predicted octanol–water partition coefficient (Wildman–Crippen LogP) is 2.76. The Morgan fingerprint density at radius 3 is 2.65 bits per heavy atom. The molecule has 104 valence electrons. The molecule has 0 atom stereocenters. The number of amides is 1. The third kappa shape index (κ3) is 2.97. The molecule has 0 saturated carbocycles. The van der Waals surface area contributed by atoms with Crippen molar-refractivity contribution < 1.29 is 14.7 Å². The summed E-state index contributed by atoms with van der Waals surface area (Å²) in [6.07, 6.45) is 0. The Kier molecular flexibility index (Phi) is 4.05. The van der Waals surface area contributed by atoms with Gasteiger partial charge in [0.2, 0.25) is 0 Å². The van der Waals surface area contributed by atoms with E-state index < -0.39 is 5.97 Å². The zero-order valence-corrected chi connectivity index (χ0v) is 11.9. The summed E-state index contributed by atoms with van der Waals surface area (Å²) in [6.45, 7) is 0. The van der Waals surface area contributed by atoms with Gasteiger partial charge < -0.3 is 15.3 Å². The smallest absolute Gasteiger partial charge is 0.348 e. The number of rotatable bonds is 4. The summed E-state index contributed by atoms with van der Waals surface area (Å²) >= 11 is 1.08. The van der Waals surface area contributed by atoms with Gasteiger partial charge >= 0.3 is 5.97 Å². The molecule has 1 aromatic carbocycles. The van der Waals surface area contributed by atoms with Gasteiger partial charge in [-0.2, -0.15) is 0 Å². The highest BCUT2D eigenvalue weighted by molar-refractivity contribution is 7.12. The fourth-order valence-electron chi connectivity index (χ4n) is 1.69. The lowest BCUT2D eigenvalue weighted by atomic mass is 10.1. The average molecular weight is 290 g/mol. The molecule has 6 heteroatoms. The number of hydrogen-bond donors (Lipinski definition) is 2. The molecule has 0 fully saturated rings. The zero-order chi connectivity index (χ0) is 14.7. The molecule has 0 radical (unpaired) electrons. The van der Waals surface area contributed by atoms with E-state index in [1.165, 1.54) is 0 Å². The van der Waals surface area contributed by atoms with E-state index >= 15 is 0 Å². The van der Waals surface area contributed by atoms with Crippen molar-refractivity contribution >= 4 is 34.6 Å². The number of nitrogens with zero attached hydrogens (tertiary/aromatic N) is 1. The van der Waals surface area contributed by atoms with E-state index in [4.69, 9.17) is 5.11 Å². The van der Waals surface area contributed by atoms with Crippen LogP contribution in [0.25, 0.3) is 0 Å². The van der Waals surface area contributed by atoms with E-state index in [9.17, 15) is 9.59 Å². The average Bonchev–Trinajstić information content (AvgIpc) is 2.87. The minimum Gasteiger partial charge on any atom is -0.477 e. The largest absolute Gasteiger partial charge is 0.477 e. The second-order valence-corrected chi connectivity index (χ2v) is 5.28. The summed E-state index contributed by atoms with van der Waals surface area (Å²) in [6, 6.07) is 8.71. The standard InChI is InChI=1S/C14H14N2O3S/c1-16(2)10-5-3-4-9(8-10)13(17)15-11-6-7-20-12(11)14(18)19/h3-8H,1-2H3,(H,15,17)(H,18,19). The molecule has 0 bridgehead atoms. The van der Waals surface area contributed by atoms with Crippen LogP contribution < -0.4 is 10.2 Å². The number of aromatic carboxylic acids is 1. The molecule has 1 aromatic heterocycles. The first-order valence-electron chi connectivity index (χ1n) is 5.88. The summed E-state index contributed by atoms with van der Waals surface area (Å²) in [5.74, 6) is -1.37. The molecular formula is C14H14N2O3S. The Morgan fingerprint density at radius 2 is 2.00 bits per heavy atom. The third-order valence-corrected chi connectivity index (χ3v) is 3.63. The second kappa shape index (κ2) is 5.75. The highest BCUT2D eigenvalue weighted by Gasteiger charge is 2.15. The SMILES string of the molecule is CN(C)c1cccc(C(=O)Nc2ccsc2C(=O)O)c1. The molecule has 0 spiro atoms. The van der Waals surface area contributed by atoms with Crippen LogP contribution in [0.2, 0.25) is 0 Å². The van der Waals surface area contributed by atoms with Crippen molar-refractivity contribution in [2.45, 2.75) is 0 Å². The number of carbonyl (C=O) groups is 2. The van der Waals surface area contributed by atoms with Crippen LogP contribution in [0.5, 0.6) is 0 Å². The Labute approximate surface area is 120 Å². The van der Waals surface area contributed by atoms with Crippen molar-refractivity contribution in [1.29, 1.82) is 0 Å². The molecule has 1 amide bonds. The van der Waals surface area contributed by atoms with Crippen LogP contribution in [0.15, 0.2) is 35.7 Å². The molecular weight excluding hydrogens is 276 g/mol. The summed E-state index contributed by atoms with van der Waals surface area (Å²) in [5, 5.41) is 13.3. The Hall–Kier alpha value is -2.34. The Balaban J connectivity index is 2.22. The first-order valence-corrected chi connectivity index (χ1v) is 6.76. The Morgan fingerprint density at radius 1 is 1.25 bits per heavy atom. The first kappa shape index (κ1) is 14.1. The van der Waals surface area contributed by atoms with Gasteiger partial charge in [0.25, 0.3) is 5.91 Å². The maximum atomic E-state index is 12.1. The van der Waals surface area contributed by atoms with Crippen molar-refractivity contribution in [1.82, 2.24) is 0 Å². The number of nitrogens with one attached hydrogen (secondary N) is 1.